The molecule has 2 heterocycles. The number of anilines is 1. The summed E-state index contributed by atoms with van der Waals surface area (Å²) >= 11 is 0. The molecule has 110 valence electrons. The molecule has 3 aromatic rings. The molecule has 0 aliphatic rings. The van der Waals surface area contributed by atoms with Crippen molar-refractivity contribution in [3.63, 3.8) is 0 Å². The van der Waals surface area contributed by atoms with Gasteiger partial charge in [-0.25, -0.2) is 9.97 Å². The van der Waals surface area contributed by atoms with Crippen LogP contribution in [0.25, 0.3) is 10.9 Å². The average Bonchev–Trinajstić information content (AvgIpc) is 2.49. The van der Waals surface area contributed by atoms with Crippen LogP contribution in [0.5, 0.6) is 11.5 Å². The van der Waals surface area contributed by atoms with Crippen molar-refractivity contribution in [1.82, 2.24) is 15.0 Å². The Balaban J connectivity index is 1.98. The first-order chi connectivity index (χ1) is 10.5. The summed E-state index contributed by atoms with van der Waals surface area (Å²) in [4.78, 5) is 23.3. The van der Waals surface area contributed by atoms with Crippen molar-refractivity contribution in [3.8, 4) is 11.5 Å². The Bertz CT molecular complexity index is 879. The maximum atomic E-state index is 11.3. The Morgan fingerprint density at radius 1 is 1.23 bits per heavy atom. The van der Waals surface area contributed by atoms with Crippen LogP contribution in [0.15, 0.2) is 36.7 Å². The van der Waals surface area contributed by atoms with E-state index in [1.54, 1.807) is 37.4 Å². The summed E-state index contributed by atoms with van der Waals surface area (Å²) in [6, 6.07) is 7.01. The van der Waals surface area contributed by atoms with Crippen LogP contribution >= 0.6 is 0 Å². The Morgan fingerprint density at radius 3 is 2.82 bits per heavy atom. The number of carbonyl (C=O) groups is 1. The smallest absolute Gasteiger partial charge is 0.267 e. The molecular weight excluding hydrogens is 282 g/mol. The van der Waals surface area contributed by atoms with Gasteiger partial charge >= 0.3 is 0 Å². The third kappa shape index (κ3) is 2.51. The Hall–Kier alpha value is -3.22. The monoisotopic (exact) mass is 295 g/mol. The molecule has 2 aromatic heterocycles. The van der Waals surface area contributed by atoms with E-state index in [1.165, 1.54) is 6.20 Å². The Morgan fingerprint density at radius 2 is 2.05 bits per heavy atom. The van der Waals surface area contributed by atoms with Gasteiger partial charge in [-0.1, -0.05) is 0 Å². The zero-order chi connectivity index (χ0) is 15.7. The van der Waals surface area contributed by atoms with Gasteiger partial charge in [0, 0.05) is 23.3 Å². The van der Waals surface area contributed by atoms with E-state index in [1.807, 2.05) is 0 Å². The van der Waals surface area contributed by atoms with Gasteiger partial charge in [-0.3, -0.25) is 9.78 Å². The largest absolute Gasteiger partial charge is 0.457 e. The lowest BCUT2D eigenvalue weighted by atomic mass is 10.2. The van der Waals surface area contributed by atoms with E-state index in [9.17, 15) is 4.79 Å². The molecule has 0 bridgehead atoms. The number of nitrogen functional groups attached to an aromatic ring is 1. The van der Waals surface area contributed by atoms with Crippen LogP contribution in [0.1, 0.15) is 16.1 Å². The number of ether oxygens (including phenoxy) is 1. The van der Waals surface area contributed by atoms with Crippen molar-refractivity contribution in [3.05, 3.63) is 47.9 Å². The third-order valence-electron chi connectivity index (χ3n) is 3.19. The SMILES string of the molecule is Cc1c(Oc2ccc3nc(N)ncc3c2)ccnc1C(N)=O. The van der Waals surface area contributed by atoms with Crippen molar-refractivity contribution in [2.45, 2.75) is 6.92 Å². The lowest BCUT2D eigenvalue weighted by Gasteiger charge is -2.10. The lowest BCUT2D eigenvalue weighted by Crippen LogP contribution is -2.15. The molecule has 0 spiro atoms. The number of hydrogen-bond donors (Lipinski definition) is 2. The van der Waals surface area contributed by atoms with Gasteiger partial charge in [0.05, 0.1) is 5.52 Å². The van der Waals surface area contributed by atoms with Crippen LogP contribution in [0.4, 0.5) is 5.95 Å². The van der Waals surface area contributed by atoms with Crippen LogP contribution in [-0.4, -0.2) is 20.9 Å². The molecule has 0 atom stereocenters. The Labute approximate surface area is 126 Å². The molecule has 0 aliphatic carbocycles. The summed E-state index contributed by atoms with van der Waals surface area (Å²) in [6.07, 6.45) is 3.10. The molecule has 1 amide bonds. The number of hydrogen-bond acceptors (Lipinski definition) is 6. The highest BCUT2D eigenvalue weighted by atomic mass is 16.5. The predicted octanol–water partition coefficient (Wildman–Crippen LogP) is 1.81. The van der Waals surface area contributed by atoms with E-state index in [-0.39, 0.29) is 11.6 Å². The van der Waals surface area contributed by atoms with Gasteiger partial charge in [-0.15, -0.1) is 0 Å². The summed E-state index contributed by atoms with van der Waals surface area (Å²) in [7, 11) is 0. The summed E-state index contributed by atoms with van der Waals surface area (Å²) in [6.45, 7) is 1.73. The van der Waals surface area contributed by atoms with E-state index in [0.717, 1.165) is 10.9 Å². The molecule has 7 heteroatoms. The molecule has 22 heavy (non-hydrogen) atoms. The van der Waals surface area contributed by atoms with Crippen molar-refractivity contribution < 1.29 is 9.53 Å². The number of aromatic nitrogens is 3. The number of amides is 1. The second-order valence-electron chi connectivity index (χ2n) is 4.70. The van der Waals surface area contributed by atoms with Gasteiger partial charge in [0.1, 0.15) is 17.2 Å². The zero-order valence-corrected chi connectivity index (χ0v) is 11.8. The molecule has 0 aliphatic heterocycles. The van der Waals surface area contributed by atoms with Gasteiger partial charge in [-0.2, -0.15) is 0 Å². The second-order valence-corrected chi connectivity index (χ2v) is 4.70. The molecule has 3 rings (SSSR count). The molecule has 1 aromatic carbocycles. The first kappa shape index (κ1) is 13.7. The van der Waals surface area contributed by atoms with E-state index in [0.29, 0.717) is 17.1 Å². The van der Waals surface area contributed by atoms with Crippen molar-refractivity contribution >= 4 is 22.8 Å². The normalized spacial score (nSPS) is 10.6. The fourth-order valence-corrected chi connectivity index (χ4v) is 2.09. The minimum Gasteiger partial charge on any atom is -0.457 e. The molecular formula is C15H13N5O2. The number of benzene rings is 1. The number of carbonyl (C=O) groups excluding carboxylic acids is 1. The summed E-state index contributed by atoms with van der Waals surface area (Å²) in [5, 5.41) is 0.800. The van der Waals surface area contributed by atoms with E-state index in [4.69, 9.17) is 16.2 Å². The number of pyridine rings is 1. The van der Waals surface area contributed by atoms with Crippen LogP contribution in [0.2, 0.25) is 0 Å². The quantitative estimate of drug-likeness (QED) is 0.761. The summed E-state index contributed by atoms with van der Waals surface area (Å²) in [5.41, 5.74) is 12.3. The van der Waals surface area contributed by atoms with Gasteiger partial charge in [-0.05, 0) is 31.2 Å². The third-order valence-corrected chi connectivity index (χ3v) is 3.19. The fraction of sp³-hybridized carbons (Fsp3) is 0.0667. The van der Waals surface area contributed by atoms with Crippen LogP contribution in [0, 0.1) is 6.92 Å². The van der Waals surface area contributed by atoms with Crippen LogP contribution < -0.4 is 16.2 Å². The van der Waals surface area contributed by atoms with Crippen molar-refractivity contribution in [2.24, 2.45) is 5.73 Å². The molecule has 0 radical (unpaired) electrons. The molecule has 0 fully saturated rings. The number of nitrogens with two attached hydrogens (primary N) is 2. The highest BCUT2D eigenvalue weighted by Gasteiger charge is 2.12. The van der Waals surface area contributed by atoms with Gasteiger partial charge in [0.25, 0.3) is 5.91 Å². The van der Waals surface area contributed by atoms with Crippen molar-refractivity contribution in [2.75, 3.05) is 5.73 Å². The Kier molecular flexibility index (Phi) is 3.30. The number of nitrogens with zero attached hydrogens (tertiary/aromatic N) is 3. The zero-order valence-electron chi connectivity index (χ0n) is 11.8. The fourth-order valence-electron chi connectivity index (χ4n) is 2.09. The lowest BCUT2D eigenvalue weighted by molar-refractivity contribution is 0.0994. The predicted molar refractivity (Wildman–Crippen MR) is 81.5 cm³/mol. The number of rotatable bonds is 3. The average molecular weight is 295 g/mol. The summed E-state index contributed by atoms with van der Waals surface area (Å²) < 4.78 is 5.80. The first-order valence-electron chi connectivity index (χ1n) is 6.50. The van der Waals surface area contributed by atoms with E-state index < -0.39 is 5.91 Å². The van der Waals surface area contributed by atoms with E-state index in [2.05, 4.69) is 15.0 Å². The van der Waals surface area contributed by atoms with Crippen molar-refractivity contribution in [1.29, 1.82) is 0 Å². The first-order valence-corrected chi connectivity index (χ1v) is 6.50. The topological polar surface area (TPSA) is 117 Å². The number of fused-ring (bicyclic) bond motifs is 1. The maximum Gasteiger partial charge on any atom is 0.267 e. The standard InChI is InChI=1S/C15H13N5O2/c1-8-12(4-5-18-13(8)14(16)21)22-10-2-3-11-9(6-10)7-19-15(17)20-11/h2-7H,1H3,(H2,16,21)(H2,17,19,20). The molecule has 7 nitrogen and oxygen atoms in total. The summed E-state index contributed by atoms with van der Waals surface area (Å²) in [5.74, 6) is 0.729. The second kappa shape index (κ2) is 5.28. The van der Waals surface area contributed by atoms with E-state index >= 15 is 0 Å². The molecule has 0 unspecified atom stereocenters. The van der Waals surface area contributed by atoms with Gasteiger partial charge in [0.2, 0.25) is 5.95 Å². The highest BCUT2D eigenvalue weighted by Crippen LogP contribution is 2.28. The van der Waals surface area contributed by atoms with Crippen LogP contribution in [-0.2, 0) is 0 Å². The van der Waals surface area contributed by atoms with Gasteiger partial charge in [0.15, 0.2) is 0 Å². The molecule has 0 saturated carbocycles. The van der Waals surface area contributed by atoms with Crippen LogP contribution in [0.3, 0.4) is 0 Å². The van der Waals surface area contributed by atoms with Gasteiger partial charge < -0.3 is 16.2 Å². The minimum absolute atomic E-state index is 0.189. The molecule has 4 N–H and O–H groups in total. The molecule has 0 saturated heterocycles. The number of primary amides is 1. The highest BCUT2D eigenvalue weighted by molar-refractivity contribution is 5.92. The minimum atomic E-state index is -0.592. The maximum absolute atomic E-state index is 11.3.